The Morgan fingerprint density at radius 3 is 2.84 bits per heavy atom. The fraction of sp³-hybridized carbons (Fsp3) is 0.400. The number of amides is 1. The van der Waals surface area contributed by atoms with Gasteiger partial charge in [-0.15, -0.1) is 0 Å². The maximum atomic E-state index is 13.0. The van der Waals surface area contributed by atoms with Gasteiger partial charge in [-0.2, -0.15) is 18.2 Å². The van der Waals surface area contributed by atoms with E-state index in [1.165, 1.54) is 23.7 Å². The number of piperidine rings is 1. The smallest absolute Gasteiger partial charge is 0.345 e. The third kappa shape index (κ3) is 4.58. The number of alkyl halides is 3. The van der Waals surface area contributed by atoms with Gasteiger partial charge in [0.2, 0.25) is 5.91 Å². The average molecular weight is 486 g/mol. The van der Waals surface area contributed by atoms with Gasteiger partial charge in [0.1, 0.15) is 17.6 Å². The SMILES string of the molecule is C[C@@H]1CCCCN1c1nc2ncn(CC(=O)Nc3ccc(Cl)c(C(F)(F)F)c3)c(=O)c2s1. The molecule has 1 aliphatic heterocycles. The maximum absolute atomic E-state index is 13.0. The van der Waals surface area contributed by atoms with Crippen LogP contribution in [0.15, 0.2) is 29.3 Å². The van der Waals surface area contributed by atoms with Crippen LogP contribution in [-0.4, -0.2) is 33.0 Å². The number of rotatable bonds is 4. The first kappa shape index (κ1) is 22.5. The van der Waals surface area contributed by atoms with E-state index in [1.807, 2.05) is 0 Å². The summed E-state index contributed by atoms with van der Waals surface area (Å²) in [4.78, 5) is 36.1. The molecule has 32 heavy (non-hydrogen) atoms. The summed E-state index contributed by atoms with van der Waals surface area (Å²) in [5.74, 6) is -0.668. The van der Waals surface area contributed by atoms with Gasteiger partial charge in [0.25, 0.3) is 5.56 Å². The number of anilines is 2. The number of hydrogen-bond donors (Lipinski definition) is 1. The maximum Gasteiger partial charge on any atom is 0.417 e. The molecule has 7 nitrogen and oxygen atoms in total. The van der Waals surface area contributed by atoms with Gasteiger partial charge in [-0.1, -0.05) is 22.9 Å². The third-order valence-electron chi connectivity index (χ3n) is 5.29. The quantitative estimate of drug-likeness (QED) is 0.586. The fourth-order valence-electron chi connectivity index (χ4n) is 3.63. The highest BCUT2D eigenvalue weighted by molar-refractivity contribution is 7.22. The number of benzene rings is 1. The van der Waals surface area contributed by atoms with E-state index in [9.17, 15) is 22.8 Å². The number of carbonyl (C=O) groups excluding carboxylic acids is 1. The van der Waals surface area contributed by atoms with Crippen molar-refractivity contribution in [1.29, 1.82) is 0 Å². The minimum Gasteiger partial charge on any atom is -0.345 e. The number of nitrogens with zero attached hydrogens (tertiary/aromatic N) is 4. The van der Waals surface area contributed by atoms with Gasteiger partial charge in [0.05, 0.1) is 10.6 Å². The molecule has 3 heterocycles. The van der Waals surface area contributed by atoms with Crippen molar-refractivity contribution in [3.63, 3.8) is 0 Å². The van der Waals surface area contributed by atoms with Crippen molar-refractivity contribution in [2.24, 2.45) is 0 Å². The molecule has 1 saturated heterocycles. The molecule has 3 aromatic rings. The Kier molecular flexibility index (Phi) is 6.13. The molecule has 1 fully saturated rings. The lowest BCUT2D eigenvalue weighted by Gasteiger charge is -2.32. The number of carbonyl (C=O) groups is 1. The molecule has 12 heteroatoms. The van der Waals surface area contributed by atoms with Crippen molar-refractivity contribution in [2.75, 3.05) is 16.8 Å². The molecule has 2 aromatic heterocycles. The molecule has 1 amide bonds. The summed E-state index contributed by atoms with van der Waals surface area (Å²) < 4.78 is 40.5. The molecule has 170 valence electrons. The third-order valence-corrected chi connectivity index (χ3v) is 6.69. The van der Waals surface area contributed by atoms with Crippen LogP contribution in [0.5, 0.6) is 0 Å². The number of nitrogens with one attached hydrogen (secondary N) is 1. The fourth-order valence-corrected chi connectivity index (χ4v) is 4.95. The van der Waals surface area contributed by atoms with E-state index in [0.717, 1.165) is 47.6 Å². The lowest BCUT2D eigenvalue weighted by atomic mass is 10.1. The standard InChI is InChI=1S/C20H19ClF3N5O2S/c1-11-4-2-3-7-29(11)19-27-17-16(32-19)18(31)28(10-25-17)9-15(30)26-12-5-6-14(21)13(8-12)20(22,23)24/h5-6,8,10-11H,2-4,7,9H2,1H3,(H,26,30)/t11-/m1/s1. The molecule has 0 spiro atoms. The van der Waals surface area contributed by atoms with Crippen molar-refractivity contribution in [2.45, 2.75) is 44.9 Å². The number of fused-ring (bicyclic) bond motifs is 1. The van der Waals surface area contributed by atoms with Crippen molar-refractivity contribution < 1.29 is 18.0 Å². The lowest BCUT2D eigenvalue weighted by molar-refractivity contribution is -0.137. The zero-order chi connectivity index (χ0) is 23.0. The first-order chi connectivity index (χ1) is 15.1. The normalized spacial score (nSPS) is 17.0. The van der Waals surface area contributed by atoms with Gasteiger partial charge >= 0.3 is 6.18 Å². The predicted molar refractivity (Wildman–Crippen MR) is 117 cm³/mol. The van der Waals surface area contributed by atoms with Crippen LogP contribution in [0.1, 0.15) is 31.7 Å². The second kappa shape index (κ2) is 8.70. The minimum atomic E-state index is -4.65. The van der Waals surface area contributed by atoms with Crippen LogP contribution in [-0.2, 0) is 17.5 Å². The van der Waals surface area contributed by atoms with E-state index >= 15 is 0 Å². The van der Waals surface area contributed by atoms with Crippen LogP contribution in [0.25, 0.3) is 10.3 Å². The number of thiazole rings is 1. The lowest BCUT2D eigenvalue weighted by Crippen LogP contribution is -2.37. The molecule has 1 aromatic carbocycles. The highest BCUT2D eigenvalue weighted by atomic mass is 35.5. The van der Waals surface area contributed by atoms with E-state index < -0.39 is 34.8 Å². The molecule has 1 aliphatic rings. The van der Waals surface area contributed by atoms with E-state index in [1.54, 1.807) is 0 Å². The highest BCUT2D eigenvalue weighted by Crippen LogP contribution is 2.36. The first-order valence-corrected chi connectivity index (χ1v) is 11.1. The summed E-state index contributed by atoms with van der Waals surface area (Å²) in [7, 11) is 0. The Balaban J connectivity index is 1.54. The molecule has 0 aliphatic carbocycles. The summed E-state index contributed by atoms with van der Waals surface area (Å²) in [6.07, 6.45) is -0.177. The molecule has 0 radical (unpaired) electrons. The van der Waals surface area contributed by atoms with Crippen LogP contribution < -0.4 is 15.8 Å². The van der Waals surface area contributed by atoms with Crippen molar-refractivity contribution in [1.82, 2.24) is 14.5 Å². The van der Waals surface area contributed by atoms with Gasteiger partial charge in [0.15, 0.2) is 10.8 Å². The molecule has 1 N–H and O–H groups in total. The van der Waals surface area contributed by atoms with Gasteiger partial charge in [-0.05, 0) is 44.4 Å². The van der Waals surface area contributed by atoms with E-state index in [4.69, 9.17) is 11.6 Å². The van der Waals surface area contributed by atoms with Gasteiger partial charge in [-0.25, -0.2) is 4.98 Å². The van der Waals surface area contributed by atoms with Gasteiger partial charge < -0.3 is 10.2 Å². The Labute approximate surface area is 189 Å². The summed E-state index contributed by atoms with van der Waals surface area (Å²) in [6.45, 7) is 2.57. The second-order valence-corrected chi connectivity index (χ2v) is 8.99. The van der Waals surface area contributed by atoms with E-state index in [-0.39, 0.29) is 5.69 Å². The van der Waals surface area contributed by atoms with Crippen LogP contribution in [0.2, 0.25) is 5.02 Å². The van der Waals surface area contributed by atoms with Crippen molar-refractivity contribution in [3.8, 4) is 0 Å². The van der Waals surface area contributed by atoms with E-state index in [0.29, 0.717) is 16.4 Å². The molecular formula is C20H19ClF3N5O2S. The second-order valence-electron chi connectivity index (χ2n) is 7.61. The Morgan fingerprint density at radius 1 is 1.34 bits per heavy atom. The summed E-state index contributed by atoms with van der Waals surface area (Å²) in [5.41, 5.74) is -1.24. The monoisotopic (exact) mass is 485 g/mol. The highest BCUT2D eigenvalue weighted by Gasteiger charge is 2.33. The van der Waals surface area contributed by atoms with Crippen LogP contribution in [0, 0.1) is 0 Å². The predicted octanol–water partition coefficient (Wildman–Crippen LogP) is 4.54. The topological polar surface area (TPSA) is 80.1 Å². The zero-order valence-electron chi connectivity index (χ0n) is 16.9. The largest absolute Gasteiger partial charge is 0.417 e. The van der Waals surface area contributed by atoms with Crippen molar-refractivity contribution in [3.05, 3.63) is 45.5 Å². The summed E-state index contributed by atoms with van der Waals surface area (Å²) in [5, 5.41) is 2.62. The van der Waals surface area contributed by atoms with Gasteiger partial charge in [-0.3, -0.25) is 14.2 Å². The van der Waals surface area contributed by atoms with Crippen LogP contribution >= 0.6 is 22.9 Å². The molecule has 0 bridgehead atoms. The molecule has 4 rings (SSSR count). The van der Waals surface area contributed by atoms with Gasteiger partial charge in [0, 0.05) is 18.3 Å². The van der Waals surface area contributed by atoms with Crippen LogP contribution in [0.3, 0.4) is 0 Å². The Morgan fingerprint density at radius 2 is 2.12 bits per heavy atom. The molecular weight excluding hydrogens is 467 g/mol. The number of aromatic nitrogens is 3. The number of halogens is 4. The summed E-state index contributed by atoms with van der Waals surface area (Å²) in [6, 6.07) is 3.38. The Bertz CT molecular complexity index is 1230. The molecule has 0 unspecified atom stereocenters. The molecule has 0 saturated carbocycles. The molecule has 1 atom stereocenters. The van der Waals surface area contributed by atoms with Crippen LogP contribution in [0.4, 0.5) is 24.0 Å². The zero-order valence-corrected chi connectivity index (χ0v) is 18.5. The Hall–Kier alpha value is -2.66. The average Bonchev–Trinajstić information content (AvgIpc) is 3.16. The van der Waals surface area contributed by atoms with Crippen molar-refractivity contribution >= 4 is 50.0 Å². The number of hydrogen-bond acceptors (Lipinski definition) is 6. The van der Waals surface area contributed by atoms with E-state index in [2.05, 4.69) is 27.1 Å². The summed E-state index contributed by atoms with van der Waals surface area (Å²) >= 11 is 6.83. The minimum absolute atomic E-state index is 0.0760. The first-order valence-electron chi connectivity index (χ1n) is 9.92.